The van der Waals surface area contributed by atoms with Crippen LogP contribution in [0.25, 0.3) is 0 Å². The fourth-order valence-corrected chi connectivity index (χ4v) is 6.79. The molecule has 0 aliphatic carbocycles. The third-order valence-corrected chi connectivity index (χ3v) is 11.4. The Morgan fingerprint density at radius 1 is 0.557 bits per heavy atom. The van der Waals surface area contributed by atoms with Crippen LogP contribution < -0.4 is 20.1 Å². The van der Waals surface area contributed by atoms with Crippen LogP contribution >= 0.6 is 11.6 Å². The Kier molecular flexibility index (Phi) is 29.4. The maximum atomic E-state index is 12.7. The van der Waals surface area contributed by atoms with Crippen LogP contribution in [-0.2, 0) is 69.0 Å². The summed E-state index contributed by atoms with van der Waals surface area (Å²) >= 11 is 4.92. The number of amides is 2. The van der Waals surface area contributed by atoms with E-state index < -0.39 is 63.2 Å². The highest BCUT2D eigenvalue weighted by atomic mass is 35.5. The van der Waals surface area contributed by atoms with Crippen LogP contribution in [0.15, 0.2) is 122 Å². The molecular formula is C56H65ClN4O18. The van der Waals surface area contributed by atoms with Crippen molar-refractivity contribution in [3.05, 3.63) is 165 Å². The molecule has 424 valence electrons. The normalized spacial score (nSPS) is 11.9. The highest BCUT2D eigenvalue weighted by Crippen LogP contribution is 2.21. The molecule has 0 aliphatic heterocycles. The van der Waals surface area contributed by atoms with Crippen LogP contribution in [0.3, 0.4) is 0 Å². The smallest absolute Gasteiger partial charge is 0.461 e. The largest absolute Gasteiger partial charge is 0.514 e. The fourth-order valence-electron chi connectivity index (χ4n) is 6.70. The first-order chi connectivity index (χ1) is 37.4. The number of hydrogen-bond donors (Lipinski definition) is 3. The van der Waals surface area contributed by atoms with Gasteiger partial charge in [0.05, 0.1) is 53.2 Å². The molecule has 22 nitrogen and oxygen atoms in total. The van der Waals surface area contributed by atoms with Crippen molar-refractivity contribution >= 4 is 69.9 Å². The lowest BCUT2D eigenvalue weighted by atomic mass is 9.91. The molecule has 2 amide bonds. The highest BCUT2D eigenvalue weighted by Gasteiger charge is 2.30. The minimum atomic E-state index is -0.978. The van der Waals surface area contributed by atoms with Gasteiger partial charge in [-0.15, -0.1) is 0 Å². The molecule has 0 saturated carbocycles. The van der Waals surface area contributed by atoms with E-state index in [1.165, 1.54) is 60.7 Å². The number of rotatable bonds is 27. The number of ketones is 2. The number of nitrogens with zero attached hydrogens (tertiary/aromatic N) is 2. The number of carbonyl (C=O) groups is 8. The number of aliphatic hydroxyl groups is 1. The molecular weight excluding hydrogens is 1050 g/mol. The Bertz CT molecular complexity index is 2710. The van der Waals surface area contributed by atoms with E-state index in [-0.39, 0.29) is 104 Å². The standard InChI is InChI=1S/C28H32N2O9.C21H29NO5.C7H4ClNO4/c1-5-14-37-26(32)16-24(18(2)3)27(33)29-19(4)25(31)15-20-6-8-21(9-7-20)17-38-28(34)39-23-12-10-22(11-13-23)30(35)36;1-5-10-27-20(25)12-18(14(2)3)21(26)22-15(4)19(24)11-16-6-8-17(13-23)9-7-16;8-7(10)13-6-3-1-5(2-4-6)9(11)12/h5-13,18-19,24H,1,14-17H2,2-4H3,(H,29,33);5-9,14-15,18,23H,1,10-13H2,2-4H3,(H,22,26);1-4H/t19-,24-;15-,18-;/m00./s1. The van der Waals surface area contributed by atoms with Crippen LogP contribution in [0.4, 0.5) is 21.0 Å². The monoisotopic (exact) mass is 1120 g/mol. The molecule has 0 unspecified atom stereocenters. The molecule has 3 N–H and O–H groups in total. The number of halogens is 1. The lowest BCUT2D eigenvalue weighted by Gasteiger charge is -2.22. The van der Waals surface area contributed by atoms with E-state index in [2.05, 4.69) is 28.5 Å². The van der Waals surface area contributed by atoms with Crippen molar-refractivity contribution in [2.45, 2.75) is 92.5 Å². The summed E-state index contributed by atoms with van der Waals surface area (Å²) in [5, 5.41) is 35.3. The number of hydrogen-bond acceptors (Lipinski definition) is 18. The van der Waals surface area contributed by atoms with Gasteiger partial charge in [0.2, 0.25) is 11.8 Å². The van der Waals surface area contributed by atoms with E-state index in [1.807, 2.05) is 27.7 Å². The number of nitro groups is 2. The van der Waals surface area contributed by atoms with Crippen LogP contribution in [0.2, 0.25) is 0 Å². The Morgan fingerprint density at radius 2 is 0.911 bits per heavy atom. The lowest BCUT2D eigenvalue weighted by Crippen LogP contribution is -2.44. The van der Waals surface area contributed by atoms with Gasteiger partial charge in [0.25, 0.3) is 11.4 Å². The summed E-state index contributed by atoms with van der Waals surface area (Å²) in [6.45, 7) is 17.6. The van der Waals surface area contributed by atoms with Crippen molar-refractivity contribution in [1.29, 1.82) is 0 Å². The molecule has 0 fully saturated rings. The number of Topliss-reactive ketones (excluding diaryl/α,β-unsaturated/α-hetero) is 2. The van der Waals surface area contributed by atoms with Crippen molar-refractivity contribution in [3.8, 4) is 11.5 Å². The summed E-state index contributed by atoms with van der Waals surface area (Å²) in [7, 11) is 0. The molecule has 0 saturated heterocycles. The van der Waals surface area contributed by atoms with Crippen molar-refractivity contribution in [3.63, 3.8) is 0 Å². The molecule has 0 spiro atoms. The molecule has 4 atom stereocenters. The minimum Gasteiger partial charge on any atom is -0.461 e. The predicted octanol–water partition coefficient (Wildman–Crippen LogP) is 8.84. The number of carbonyl (C=O) groups excluding carboxylic acids is 8. The minimum absolute atomic E-state index is 0.0408. The maximum absolute atomic E-state index is 12.7. The first-order valence-electron chi connectivity index (χ1n) is 24.5. The quantitative estimate of drug-likeness (QED) is 0.00954. The summed E-state index contributed by atoms with van der Waals surface area (Å²) in [6.07, 6.45) is 2.06. The zero-order chi connectivity index (χ0) is 59.2. The zero-order valence-electron chi connectivity index (χ0n) is 44.6. The second-order valence-electron chi connectivity index (χ2n) is 18.1. The summed E-state index contributed by atoms with van der Waals surface area (Å²) in [5.74, 6) is -3.18. The molecule has 0 radical (unpaired) electrons. The van der Waals surface area contributed by atoms with Crippen molar-refractivity contribution in [1.82, 2.24) is 10.6 Å². The molecule has 4 rings (SSSR count). The number of nitro benzene ring substituents is 2. The molecule has 0 heterocycles. The number of nitrogens with one attached hydrogen (secondary N) is 2. The Hall–Kier alpha value is -8.63. The maximum Gasteiger partial charge on any atom is 0.514 e. The van der Waals surface area contributed by atoms with Gasteiger partial charge in [-0.2, -0.15) is 0 Å². The Morgan fingerprint density at radius 3 is 1.24 bits per heavy atom. The molecule has 4 aromatic carbocycles. The SMILES string of the molecule is C=CCOC(=O)C[C@H](C(=O)N[C@@H](C)C(=O)Cc1ccc(CO)cc1)C(C)C.C=CCOC(=O)C[C@H](C(=O)N[C@@H](C)C(=O)Cc1ccc(COC(=O)Oc2ccc([N+](=O)[O-])cc2)cc1)C(C)C.O=C(Cl)Oc1ccc([N+](=O)[O-])cc1. The van der Waals surface area contributed by atoms with Gasteiger partial charge in [-0.05, 0) is 72.2 Å². The van der Waals surface area contributed by atoms with Gasteiger partial charge in [-0.1, -0.05) is 102 Å². The summed E-state index contributed by atoms with van der Waals surface area (Å²) in [5.41, 5.74) is 1.75. The van der Waals surface area contributed by atoms with Gasteiger partial charge in [-0.25, -0.2) is 9.59 Å². The molecule has 0 aliphatic rings. The molecule has 23 heteroatoms. The summed E-state index contributed by atoms with van der Waals surface area (Å²) in [4.78, 5) is 116. The Labute approximate surface area is 461 Å². The molecule has 0 bridgehead atoms. The van der Waals surface area contributed by atoms with Gasteiger partial charge >= 0.3 is 23.5 Å². The van der Waals surface area contributed by atoms with Crippen LogP contribution in [-0.4, -0.2) is 87.2 Å². The molecule has 0 aromatic heterocycles. The van der Waals surface area contributed by atoms with Crippen LogP contribution in [0, 0.1) is 43.9 Å². The van der Waals surface area contributed by atoms with E-state index in [0.717, 1.165) is 11.1 Å². The van der Waals surface area contributed by atoms with E-state index in [1.54, 1.807) is 62.4 Å². The third-order valence-electron chi connectivity index (χ3n) is 11.3. The van der Waals surface area contributed by atoms with Gasteiger partial charge in [-0.3, -0.25) is 49.0 Å². The van der Waals surface area contributed by atoms with Crippen molar-refractivity contribution in [2.24, 2.45) is 23.7 Å². The third kappa shape index (κ3) is 25.8. The Balaban J connectivity index is 0.000000458. The second-order valence-corrected chi connectivity index (χ2v) is 18.4. The van der Waals surface area contributed by atoms with E-state index >= 15 is 0 Å². The fraction of sp³-hybridized carbons (Fsp3) is 0.357. The zero-order valence-corrected chi connectivity index (χ0v) is 45.3. The van der Waals surface area contributed by atoms with Crippen LogP contribution in [0.5, 0.6) is 11.5 Å². The second kappa shape index (κ2) is 34.9. The van der Waals surface area contributed by atoms with Crippen molar-refractivity contribution < 1.29 is 77.0 Å². The average molecular weight is 1120 g/mol. The van der Waals surface area contributed by atoms with Gasteiger partial charge in [0, 0.05) is 48.7 Å². The highest BCUT2D eigenvalue weighted by molar-refractivity contribution is 6.61. The molecule has 4 aromatic rings. The summed E-state index contributed by atoms with van der Waals surface area (Å²) in [6, 6.07) is 22.5. The van der Waals surface area contributed by atoms with Gasteiger partial charge in [0.15, 0.2) is 11.6 Å². The topological polar surface area (TPSA) is 313 Å². The summed E-state index contributed by atoms with van der Waals surface area (Å²) < 4.78 is 24.4. The van der Waals surface area contributed by atoms with Crippen molar-refractivity contribution in [2.75, 3.05) is 13.2 Å². The number of non-ortho nitro benzene ring substituents is 2. The van der Waals surface area contributed by atoms with Gasteiger partial charge in [0.1, 0.15) is 31.3 Å². The predicted molar refractivity (Wildman–Crippen MR) is 289 cm³/mol. The lowest BCUT2D eigenvalue weighted by molar-refractivity contribution is -0.385. The van der Waals surface area contributed by atoms with E-state index in [4.69, 9.17) is 35.7 Å². The first kappa shape index (κ1) is 66.5. The average Bonchev–Trinajstić information content (AvgIpc) is 3.40. The van der Waals surface area contributed by atoms with Gasteiger partial charge < -0.3 is 39.4 Å². The number of benzene rings is 4. The first-order valence-corrected chi connectivity index (χ1v) is 24.9. The number of esters is 2. The van der Waals surface area contributed by atoms with Crippen LogP contribution in [0.1, 0.15) is 76.6 Å². The van der Waals surface area contributed by atoms with E-state index in [9.17, 15) is 58.6 Å². The molecule has 79 heavy (non-hydrogen) atoms. The van der Waals surface area contributed by atoms with E-state index in [0.29, 0.717) is 11.1 Å². The number of aliphatic hydroxyl groups excluding tert-OH is 1. The number of ether oxygens (including phenoxy) is 5.